The molecule has 2 rings (SSSR count). The predicted octanol–water partition coefficient (Wildman–Crippen LogP) is 1.31. The molecule has 7 nitrogen and oxygen atoms in total. The number of carbonyl (C=O) groups is 3. The minimum absolute atomic E-state index is 0.188. The van der Waals surface area contributed by atoms with E-state index in [-0.39, 0.29) is 24.8 Å². The molecule has 0 aliphatic carbocycles. The molecule has 0 spiro atoms. The second-order valence-electron chi connectivity index (χ2n) is 5.71. The lowest BCUT2D eigenvalue weighted by molar-refractivity contribution is -0.127. The summed E-state index contributed by atoms with van der Waals surface area (Å²) in [6.07, 6.45) is 0. The molecule has 0 aliphatic rings. The van der Waals surface area contributed by atoms with Crippen LogP contribution < -0.4 is 16.0 Å². The zero-order chi connectivity index (χ0) is 18.6. The highest BCUT2D eigenvalue weighted by atomic mass is 19.1. The van der Waals surface area contributed by atoms with Crippen LogP contribution in [0.5, 0.6) is 0 Å². The third-order valence-corrected chi connectivity index (χ3v) is 3.65. The summed E-state index contributed by atoms with van der Waals surface area (Å²) in [7, 11) is 0. The van der Waals surface area contributed by atoms with Crippen molar-refractivity contribution in [2.24, 2.45) is 0 Å². The van der Waals surface area contributed by atoms with Crippen LogP contribution in [0, 0.1) is 12.7 Å². The van der Waals surface area contributed by atoms with Crippen LogP contribution in [0.25, 0.3) is 11.0 Å². The highest BCUT2D eigenvalue weighted by Gasteiger charge is 2.19. The lowest BCUT2D eigenvalue weighted by atomic mass is 10.1. The number of hydrogen-bond donors (Lipinski definition) is 3. The summed E-state index contributed by atoms with van der Waals surface area (Å²) in [6.45, 7) is 4.41. The number of halogens is 1. The van der Waals surface area contributed by atoms with E-state index in [1.165, 1.54) is 25.1 Å². The fourth-order valence-electron chi connectivity index (χ4n) is 2.43. The number of aryl methyl sites for hydroxylation is 1. The van der Waals surface area contributed by atoms with Crippen molar-refractivity contribution in [2.75, 3.05) is 13.1 Å². The number of rotatable bonds is 6. The van der Waals surface area contributed by atoms with E-state index in [0.29, 0.717) is 16.7 Å². The fourth-order valence-corrected chi connectivity index (χ4v) is 2.43. The molecule has 1 aromatic carbocycles. The van der Waals surface area contributed by atoms with Crippen molar-refractivity contribution >= 4 is 28.7 Å². The molecule has 1 heterocycles. The van der Waals surface area contributed by atoms with Gasteiger partial charge in [-0.3, -0.25) is 14.4 Å². The maximum Gasteiger partial charge on any atom is 0.239 e. The van der Waals surface area contributed by atoms with E-state index >= 15 is 0 Å². The smallest absolute Gasteiger partial charge is 0.239 e. The Morgan fingerprint density at radius 3 is 2.52 bits per heavy atom. The number of nitrogens with one attached hydrogen (secondary N) is 3. The van der Waals surface area contributed by atoms with Gasteiger partial charge in [-0.1, -0.05) is 0 Å². The molecule has 25 heavy (non-hydrogen) atoms. The average Bonchev–Trinajstić information content (AvgIpc) is 2.87. The molecule has 1 atom stereocenters. The monoisotopic (exact) mass is 349 g/mol. The standard InChI is InChI=1S/C17H20FN3O4/c1-9-13-6-12(18)4-5-14(13)25-17(9)10(2)21-16(24)8-20-15(23)7-19-11(3)22/h4-6,10H,7-8H2,1-3H3,(H,19,22)(H,20,23)(H,21,24). The van der Waals surface area contributed by atoms with Gasteiger partial charge < -0.3 is 20.4 Å². The molecule has 1 aromatic heterocycles. The van der Waals surface area contributed by atoms with Gasteiger partial charge in [0.05, 0.1) is 19.1 Å². The number of hydrogen-bond acceptors (Lipinski definition) is 4. The summed E-state index contributed by atoms with van der Waals surface area (Å²) in [5.41, 5.74) is 1.29. The fraction of sp³-hybridized carbons (Fsp3) is 0.353. The molecule has 134 valence electrons. The average molecular weight is 349 g/mol. The van der Waals surface area contributed by atoms with Crippen LogP contribution >= 0.6 is 0 Å². The first kappa shape index (κ1) is 18.4. The van der Waals surface area contributed by atoms with Gasteiger partial charge in [-0.2, -0.15) is 0 Å². The van der Waals surface area contributed by atoms with Crippen LogP contribution in [0.3, 0.4) is 0 Å². The molecule has 0 bridgehead atoms. The highest BCUT2D eigenvalue weighted by Crippen LogP contribution is 2.29. The van der Waals surface area contributed by atoms with Gasteiger partial charge in [-0.05, 0) is 32.0 Å². The first-order valence-corrected chi connectivity index (χ1v) is 7.77. The zero-order valence-electron chi connectivity index (χ0n) is 14.2. The molecule has 0 saturated heterocycles. The molecular formula is C17H20FN3O4. The number of carbonyl (C=O) groups excluding carboxylic acids is 3. The second-order valence-corrected chi connectivity index (χ2v) is 5.71. The van der Waals surface area contributed by atoms with Crippen LogP contribution in [0.1, 0.15) is 31.2 Å². The Morgan fingerprint density at radius 2 is 1.84 bits per heavy atom. The molecule has 1 unspecified atom stereocenters. The van der Waals surface area contributed by atoms with E-state index in [9.17, 15) is 18.8 Å². The van der Waals surface area contributed by atoms with Crippen LogP contribution in [0.4, 0.5) is 4.39 Å². The summed E-state index contributed by atoms with van der Waals surface area (Å²) in [5, 5.41) is 8.09. The number of fused-ring (bicyclic) bond motifs is 1. The maximum atomic E-state index is 13.3. The number of benzene rings is 1. The zero-order valence-corrected chi connectivity index (χ0v) is 14.2. The van der Waals surface area contributed by atoms with Gasteiger partial charge in [0.25, 0.3) is 0 Å². The van der Waals surface area contributed by atoms with Crippen LogP contribution in [0.15, 0.2) is 22.6 Å². The van der Waals surface area contributed by atoms with Crippen molar-refractivity contribution in [2.45, 2.75) is 26.8 Å². The van der Waals surface area contributed by atoms with E-state index in [0.717, 1.165) is 5.56 Å². The molecular weight excluding hydrogens is 329 g/mol. The Labute approximate surface area is 143 Å². The van der Waals surface area contributed by atoms with E-state index in [1.807, 2.05) is 0 Å². The van der Waals surface area contributed by atoms with Gasteiger partial charge in [0.15, 0.2) is 0 Å². The summed E-state index contributed by atoms with van der Waals surface area (Å²) < 4.78 is 19.0. The van der Waals surface area contributed by atoms with E-state index in [1.54, 1.807) is 13.8 Å². The predicted molar refractivity (Wildman–Crippen MR) is 89.2 cm³/mol. The van der Waals surface area contributed by atoms with Gasteiger partial charge in [0.2, 0.25) is 17.7 Å². The van der Waals surface area contributed by atoms with Crippen molar-refractivity contribution in [1.82, 2.24) is 16.0 Å². The quantitative estimate of drug-likeness (QED) is 0.732. The van der Waals surface area contributed by atoms with E-state index < -0.39 is 17.9 Å². The minimum atomic E-state index is -0.464. The summed E-state index contributed by atoms with van der Waals surface area (Å²) >= 11 is 0. The maximum absolute atomic E-state index is 13.3. The first-order valence-electron chi connectivity index (χ1n) is 7.77. The molecule has 0 aliphatic heterocycles. The lowest BCUT2D eigenvalue weighted by Gasteiger charge is -2.13. The normalized spacial score (nSPS) is 11.8. The van der Waals surface area contributed by atoms with Gasteiger partial charge in [0.1, 0.15) is 17.2 Å². The van der Waals surface area contributed by atoms with Crippen molar-refractivity contribution in [3.63, 3.8) is 0 Å². The third kappa shape index (κ3) is 4.79. The van der Waals surface area contributed by atoms with Crippen molar-refractivity contribution in [3.8, 4) is 0 Å². The first-order chi connectivity index (χ1) is 11.8. The van der Waals surface area contributed by atoms with Gasteiger partial charge >= 0.3 is 0 Å². The highest BCUT2D eigenvalue weighted by molar-refractivity contribution is 5.88. The van der Waals surface area contributed by atoms with Crippen molar-refractivity contribution < 1.29 is 23.2 Å². The lowest BCUT2D eigenvalue weighted by Crippen LogP contribution is -2.42. The summed E-state index contributed by atoms with van der Waals surface area (Å²) in [4.78, 5) is 34.1. The largest absolute Gasteiger partial charge is 0.459 e. The Morgan fingerprint density at radius 1 is 1.16 bits per heavy atom. The topological polar surface area (TPSA) is 100 Å². The van der Waals surface area contributed by atoms with E-state index in [4.69, 9.17) is 4.42 Å². The molecule has 3 N–H and O–H groups in total. The molecule has 0 fully saturated rings. The van der Waals surface area contributed by atoms with Crippen LogP contribution in [-0.4, -0.2) is 30.8 Å². The summed E-state index contributed by atoms with van der Waals surface area (Å²) in [5.74, 6) is -1.03. The molecule has 3 amide bonds. The minimum Gasteiger partial charge on any atom is -0.459 e. The molecule has 8 heteroatoms. The molecule has 2 aromatic rings. The third-order valence-electron chi connectivity index (χ3n) is 3.65. The Hall–Kier alpha value is -2.90. The Kier molecular flexibility index (Phi) is 5.74. The number of furan rings is 1. The molecule has 0 radical (unpaired) electrons. The SMILES string of the molecule is CC(=O)NCC(=O)NCC(=O)NC(C)c1oc2ccc(F)cc2c1C. The molecule has 0 saturated carbocycles. The van der Waals surface area contributed by atoms with Gasteiger partial charge in [-0.25, -0.2) is 4.39 Å². The Balaban J connectivity index is 1.94. The second kappa shape index (κ2) is 7.78. The number of amides is 3. The Bertz CT molecular complexity index is 816. The van der Waals surface area contributed by atoms with Gasteiger partial charge in [0, 0.05) is 17.9 Å². The van der Waals surface area contributed by atoms with Crippen LogP contribution in [0.2, 0.25) is 0 Å². The van der Waals surface area contributed by atoms with Gasteiger partial charge in [-0.15, -0.1) is 0 Å². The summed E-state index contributed by atoms with van der Waals surface area (Å²) in [6, 6.07) is 3.78. The van der Waals surface area contributed by atoms with Crippen LogP contribution in [-0.2, 0) is 14.4 Å². The van der Waals surface area contributed by atoms with E-state index in [2.05, 4.69) is 16.0 Å². The van der Waals surface area contributed by atoms with Crippen molar-refractivity contribution in [3.05, 3.63) is 35.3 Å². The van der Waals surface area contributed by atoms with Crippen molar-refractivity contribution in [1.29, 1.82) is 0 Å².